The molecule has 0 aromatic rings. The van der Waals surface area contributed by atoms with Gasteiger partial charge in [-0.2, -0.15) is 0 Å². The summed E-state index contributed by atoms with van der Waals surface area (Å²) in [5, 5.41) is 2.79. The number of nitrogens with zero attached hydrogens (tertiary/aromatic N) is 1. The summed E-state index contributed by atoms with van der Waals surface area (Å²) in [6.45, 7) is 7.15. The molecule has 3 N–H and O–H groups in total. The molecule has 1 fully saturated rings. The summed E-state index contributed by atoms with van der Waals surface area (Å²) < 4.78 is 0. The molecule has 1 heterocycles. The van der Waals surface area contributed by atoms with E-state index in [1.165, 1.54) is 4.90 Å². The fourth-order valence-electron chi connectivity index (χ4n) is 1.77. The first kappa shape index (κ1) is 12.5. The number of likely N-dealkylation sites (tertiary alicyclic amines) is 1. The van der Waals surface area contributed by atoms with Crippen molar-refractivity contribution in [3.05, 3.63) is 12.2 Å². The third-order valence-electron chi connectivity index (χ3n) is 2.67. The van der Waals surface area contributed by atoms with Crippen molar-refractivity contribution < 1.29 is 9.59 Å². The number of hydrogen-bond donors (Lipinski definition) is 2. The lowest BCUT2D eigenvalue weighted by atomic mass is 9.97. The summed E-state index contributed by atoms with van der Waals surface area (Å²) in [5.41, 5.74) is 6.11. The maximum Gasteiger partial charge on any atom is 0.314 e. The van der Waals surface area contributed by atoms with E-state index in [0.717, 1.165) is 18.4 Å². The minimum atomic E-state index is -0.447. The smallest absolute Gasteiger partial charge is 0.314 e. The van der Waals surface area contributed by atoms with Gasteiger partial charge in [-0.25, -0.2) is 4.79 Å². The highest BCUT2D eigenvalue weighted by atomic mass is 16.2. The second-order valence-electron chi connectivity index (χ2n) is 4.30. The first-order chi connectivity index (χ1) is 7.50. The predicted octanol–water partition coefficient (Wildman–Crippen LogP) is 0.469. The van der Waals surface area contributed by atoms with Crippen LogP contribution >= 0.6 is 0 Å². The molecule has 0 spiro atoms. The molecule has 5 nitrogen and oxygen atoms in total. The average molecular weight is 225 g/mol. The predicted molar refractivity (Wildman–Crippen MR) is 61.7 cm³/mol. The largest absolute Gasteiger partial charge is 0.352 e. The van der Waals surface area contributed by atoms with Crippen LogP contribution in [0.15, 0.2) is 12.2 Å². The van der Waals surface area contributed by atoms with Crippen molar-refractivity contribution in [2.75, 3.05) is 19.6 Å². The zero-order chi connectivity index (χ0) is 12.1. The van der Waals surface area contributed by atoms with Crippen molar-refractivity contribution in [2.45, 2.75) is 19.8 Å². The van der Waals surface area contributed by atoms with Gasteiger partial charge in [0, 0.05) is 19.6 Å². The van der Waals surface area contributed by atoms with Gasteiger partial charge in [-0.1, -0.05) is 12.2 Å². The Morgan fingerprint density at radius 3 is 2.81 bits per heavy atom. The van der Waals surface area contributed by atoms with Crippen LogP contribution in [0.5, 0.6) is 0 Å². The molecule has 3 amide bonds. The van der Waals surface area contributed by atoms with Crippen molar-refractivity contribution in [1.29, 1.82) is 0 Å². The van der Waals surface area contributed by atoms with Crippen molar-refractivity contribution >= 4 is 11.9 Å². The van der Waals surface area contributed by atoms with Crippen molar-refractivity contribution in [3.63, 3.8) is 0 Å². The molecule has 90 valence electrons. The first-order valence-electron chi connectivity index (χ1n) is 5.47. The summed E-state index contributed by atoms with van der Waals surface area (Å²) in [7, 11) is 0. The fourth-order valence-corrected chi connectivity index (χ4v) is 1.77. The number of primary amides is 1. The van der Waals surface area contributed by atoms with E-state index in [0.29, 0.717) is 19.6 Å². The van der Waals surface area contributed by atoms with E-state index in [9.17, 15) is 9.59 Å². The monoisotopic (exact) mass is 225 g/mol. The van der Waals surface area contributed by atoms with Gasteiger partial charge in [0.1, 0.15) is 0 Å². The highest BCUT2D eigenvalue weighted by molar-refractivity contribution is 5.80. The van der Waals surface area contributed by atoms with Crippen LogP contribution in [0.4, 0.5) is 4.79 Å². The number of urea groups is 1. The molecule has 16 heavy (non-hydrogen) atoms. The standard InChI is InChI=1S/C11H19N3O2/c1-8(2)6-13-10(15)9-4-3-5-14(7-9)11(12)16/h9H,1,3-7H2,2H3,(H2,12,16)(H,13,15). The number of nitrogens with two attached hydrogens (primary N) is 1. The number of carbonyl (C=O) groups excluding carboxylic acids is 2. The van der Waals surface area contributed by atoms with Crippen LogP contribution in [0.25, 0.3) is 0 Å². The summed E-state index contributed by atoms with van der Waals surface area (Å²) in [6.07, 6.45) is 1.64. The quantitative estimate of drug-likeness (QED) is 0.685. The summed E-state index contributed by atoms with van der Waals surface area (Å²) in [5.74, 6) is -0.158. The van der Waals surface area contributed by atoms with Gasteiger partial charge >= 0.3 is 6.03 Å². The van der Waals surface area contributed by atoms with Gasteiger partial charge in [-0.3, -0.25) is 4.79 Å². The van der Waals surface area contributed by atoms with E-state index >= 15 is 0 Å². The summed E-state index contributed by atoms with van der Waals surface area (Å²) in [4.78, 5) is 24.3. The molecular weight excluding hydrogens is 206 g/mol. The molecule has 1 aliphatic heterocycles. The van der Waals surface area contributed by atoms with E-state index in [4.69, 9.17) is 5.73 Å². The van der Waals surface area contributed by atoms with Crippen LogP contribution < -0.4 is 11.1 Å². The van der Waals surface area contributed by atoms with Gasteiger partial charge in [0.25, 0.3) is 0 Å². The van der Waals surface area contributed by atoms with E-state index in [-0.39, 0.29) is 11.8 Å². The van der Waals surface area contributed by atoms with Gasteiger partial charge in [0.05, 0.1) is 5.92 Å². The Kier molecular flexibility index (Phi) is 4.34. The number of amides is 3. The lowest BCUT2D eigenvalue weighted by Gasteiger charge is -2.30. The average Bonchev–Trinajstić information content (AvgIpc) is 2.26. The molecule has 1 atom stereocenters. The van der Waals surface area contributed by atoms with Crippen LogP contribution in [0, 0.1) is 5.92 Å². The number of nitrogens with one attached hydrogen (secondary N) is 1. The maximum absolute atomic E-state index is 11.7. The van der Waals surface area contributed by atoms with Crippen LogP contribution in [0.2, 0.25) is 0 Å². The van der Waals surface area contributed by atoms with E-state index in [1.54, 1.807) is 0 Å². The Labute approximate surface area is 95.7 Å². The van der Waals surface area contributed by atoms with E-state index < -0.39 is 6.03 Å². The van der Waals surface area contributed by atoms with Gasteiger partial charge in [-0.05, 0) is 19.8 Å². The zero-order valence-corrected chi connectivity index (χ0v) is 9.66. The molecule has 0 aliphatic carbocycles. The van der Waals surface area contributed by atoms with Crippen LogP contribution in [0.1, 0.15) is 19.8 Å². The highest BCUT2D eigenvalue weighted by Gasteiger charge is 2.26. The second kappa shape index (κ2) is 5.53. The minimum absolute atomic E-state index is 0.0195. The minimum Gasteiger partial charge on any atom is -0.352 e. The molecule has 1 saturated heterocycles. The van der Waals surface area contributed by atoms with Crippen molar-refractivity contribution in [2.24, 2.45) is 11.7 Å². The van der Waals surface area contributed by atoms with Gasteiger partial charge < -0.3 is 16.0 Å². The topological polar surface area (TPSA) is 75.4 Å². The lowest BCUT2D eigenvalue weighted by Crippen LogP contribution is -2.47. The molecule has 0 radical (unpaired) electrons. The Hall–Kier alpha value is -1.52. The molecule has 1 unspecified atom stereocenters. The second-order valence-corrected chi connectivity index (χ2v) is 4.30. The van der Waals surface area contributed by atoms with Crippen LogP contribution in [-0.4, -0.2) is 36.5 Å². The Bertz CT molecular complexity index is 302. The fraction of sp³-hybridized carbons (Fsp3) is 0.636. The molecule has 0 saturated carbocycles. The van der Waals surface area contributed by atoms with Gasteiger partial charge in [-0.15, -0.1) is 0 Å². The molecule has 0 aromatic carbocycles. The maximum atomic E-state index is 11.7. The van der Waals surface area contributed by atoms with Crippen molar-refractivity contribution in [3.8, 4) is 0 Å². The molecule has 1 rings (SSSR count). The van der Waals surface area contributed by atoms with Crippen LogP contribution in [-0.2, 0) is 4.79 Å². The van der Waals surface area contributed by atoms with Crippen molar-refractivity contribution in [1.82, 2.24) is 10.2 Å². The third-order valence-corrected chi connectivity index (χ3v) is 2.67. The molecule has 0 bridgehead atoms. The SMILES string of the molecule is C=C(C)CNC(=O)C1CCCN(C(N)=O)C1. The Balaban J connectivity index is 2.43. The number of rotatable bonds is 3. The molecular formula is C11H19N3O2. The summed E-state index contributed by atoms with van der Waals surface area (Å²) in [6, 6.07) is -0.447. The zero-order valence-electron chi connectivity index (χ0n) is 9.66. The molecule has 1 aliphatic rings. The van der Waals surface area contributed by atoms with Crippen LogP contribution in [0.3, 0.4) is 0 Å². The normalized spacial score (nSPS) is 20.3. The Morgan fingerprint density at radius 1 is 1.56 bits per heavy atom. The van der Waals surface area contributed by atoms with E-state index in [2.05, 4.69) is 11.9 Å². The first-order valence-corrected chi connectivity index (χ1v) is 5.47. The van der Waals surface area contributed by atoms with Gasteiger partial charge in [0.2, 0.25) is 5.91 Å². The number of carbonyl (C=O) groups is 2. The third kappa shape index (κ3) is 3.56. The molecule has 0 aromatic heterocycles. The number of piperidine rings is 1. The Morgan fingerprint density at radius 2 is 2.25 bits per heavy atom. The highest BCUT2D eigenvalue weighted by Crippen LogP contribution is 2.16. The summed E-state index contributed by atoms with van der Waals surface area (Å²) >= 11 is 0. The molecule has 5 heteroatoms. The van der Waals surface area contributed by atoms with Gasteiger partial charge in [0.15, 0.2) is 0 Å². The number of hydrogen-bond acceptors (Lipinski definition) is 2. The lowest BCUT2D eigenvalue weighted by molar-refractivity contribution is -0.126. The van der Waals surface area contributed by atoms with E-state index in [1.807, 2.05) is 6.92 Å².